The lowest BCUT2D eigenvalue weighted by Gasteiger charge is -2.60. The van der Waals surface area contributed by atoms with Gasteiger partial charge in [0.05, 0.1) is 0 Å². The highest BCUT2D eigenvalue weighted by Gasteiger charge is 2.55. The Morgan fingerprint density at radius 2 is 1.54 bits per heavy atom. The maximum atomic E-state index is 4.05. The first-order valence-electron chi connectivity index (χ1n) is 9.88. The van der Waals surface area contributed by atoms with Crippen molar-refractivity contribution in [3.05, 3.63) is 48.3 Å². The van der Waals surface area contributed by atoms with Crippen LogP contribution in [0.5, 0.6) is 0 Å². The highest BCUT2D eigenvalue weighted by molar-refractivity contribution is 5.28. The van der Waals surface area contributed by atoms with E-state index < -0.39 is 0 Å². The molecule has 26 heavy (non-hydrogen) atoms. The Labute approximate surface area is 160 Å². The molecule has 1 unspecified atom stereocenters. The molecule has 0 aliphatic heterocycles. The third kappa shape index (κ3) is 3.58. The monoisotopic (exact) mass is 356 g/mol. The molecule has 1 heterocycles. The first-order valence-corrected chi connectivity index (χ1v) is 9.88. The number of aryl methyl sites for hydroxylation is 1. The molecule has 1 aromatic carbocycles. The number of rotatable bonds is 7. The van der Waals surface area contributed by atoms with Crippen LogP contribution in [0.2, 0.25) is 0 Å². The first-order chi connectivity index (χ1) is 11.9. The average molecular weight is 357 g/mol. The van der Waals surface area contributed by atoms with E-state index >= 15 is 0 Å². The van der Waals surface area contributed by atoms with Gasteiger partial charge in [0, 0.05) is 5.10 Å². The van der Waals surface area contributed by atoms with Crippen molar-refractivity contribution in [2.75, 3.05) is 0 Å². The Morgan fingerprint density at radius 1 is 0.923 bits per heavy atom. The number of aromatic nitrogens is 3. The topological polar surface area (TPSA) is 32.6 Å². The second-order valence-electron chi connectivity index (χ2n) is 10.0. The molecule has 3 heteroatoms. The zero-order valence-electron chi connectivity index (χ0n) is 18.1. The minimum Gasteiger partial charge on any atom is -0.163 e. The molecule has 1 aromatic heterocycles. The number of nitrogens with one attached hydrogen (secondary N) is 1. The summed E-state index contributed by atoms with van der Waals surface area (Å²) in [7, 11) is 0. The third-order valence-electron chi connectivity index (χ3n) is 7.68. The quantitative estimate of drug-likeness (QED) is 0.650. The highest BCUT2D eigenvalue weighted by atomic mass is 15.4. The Balaban J connectivity index is 2.34. The molecule has 3 nitrogen and oxygen atoms in total. The summed E-state index contributed by atoms with van der Waals surface area (Å²) >= 11 is 0. The van der Waals surface area contributed by atoms with Crippen molar-refractivity contribution in [3.63, 3.8) is 0 Å². The molecule has 0 saturated carbocycles. The number of hydrogen-bond donors (Lipinski definition) is 1. The van der Waals surface area contributed by atoms with E-state index in [2.05, 4.69) is 101 Å². The summed E-state index contributed by atoms with van der Waals surface area (Å²) in [5.74, 6) is 0. The van der Waals surface area contributed by atoms with Crippen LogP contribution in [0.25, 0.3) is 0 Å². The van der Waals surface area contributed by atoms with Crippen molar-refractivity contribution >= 4 is 0 Å². The minimum atomic E-state index is 0.0669. The lowest BCUT2D eigenvalue weighted by molar-refractivity contribution is -0.754. The molecular formula is C23H38N3+. The standard InChI is InChI=1S/C23H37N3/c1-20(2,3)23(8,15-12-17-26-18-16-24-25-26)22(6,7)21(4,5)19-13-10-9-11-14-19/h9-11,13-14,16,18H,12,15,17H2,1-8H3/p+1. The Morgan fingerprint density at radius 3 is 2.04 bits per heavy atom. The maximum Gasteiger partial charge on any atom is 0.206 e. The molecule has 0 spiro atoms. The van der Waals surface area contributed by atoms with E-state index in [9.17, 15) is 0 Å². The van der Waals surface area contributed by atoms with Crippen molar-refractivity contribution in [1.82, 2.24) is 10.3 Å². The summed E-state index contributed by atoms with van der Waals surface area (Å²) in [6, 6.07) is 11.0. The van der Waals surface area contributed by atoms with E-state index in [1.54, 1.807) is 0 Å². The average Bonchev–Trinajstić information content (AvgIpc) is 3.07. The van der Waals surface area contributed by atoms with Gasteiger partial charge in [-0.1, -0.05) is 90.9 Å². The molecular weight excluding hydrogens is 318 g/mol. The Bertz CT molecular complexity index is 678. The van der Waals surface area contributed by atoms with Gasteiger partial charge in [0.25, 0.3) is 0 Å². The van der Waals surface area contributed by atoms with Crippen LogP contribution < -0.4 is 4.68 Å². The van der Waals surface area contributed by atoms with E-state index in [1.807, 2.05) is 12.4 Å². The van der Waals surface area contributed by atoms with Crippen molar-refractivity contribution in [1.29, 1.82) is 0 Å². The summed E-state index contributed by atoms with van der Waals surface area (Å²) in [6.07, 6.45) is 6.12. The van der Waals surface area contributed by atoms with Crippen molar-refractivity contribution in [3.8, 4) is 0 Å². The van der Waals surface area contributed by atoms with E-state index in [-0.39, 0.29) is 21.7 Å². The van der Waals surface area contributed by atoms with E-state index in [1.165, 1.54) is 12.0 Å². The lowest BCUT2D eigenvalue weighted by atomic mass is 9.44. The maximum absolute atomic E-state index is 4.05. The van der Waals surface area contributed by atoms with Crippen LogP contribution in [-0.4, -0.2) is 10.3 Å². The predicted octanol–water partition coefficient (Wildman–Crippen LogP) is 5.53. The van der Waals surface area contributed by atoms with Gasteiger partial charge in [0.1, 0.15) is 6.54 Å². The van der Waals surface area contributed by atoms with Crippen molar-refractivity contribution < 1.29 is 4.68 Å². The van der Waals surface area contributed by atoms with Crippen LogP contribution >= 0.6 is 0 Å². The predicted molar refractivity (Wildman–Crippen MR) is 109 cm³/mol. The second kappa shape index (κ2) is 7.17. The molecule has 0 radical (unpaired) electrons. The zero-order chi connectivity index (χ0) is 19.6. The van der Waals surface area contributed by atoms with Gasteiger partial charge in [-0.3, -0.25) is 0 Å². The third-order valence-corrected chi connectivity index (χ3v) is 7.68. The molecule has 0 aliphatic carbocycles. The van der Waals surface area contributed by atoms with Crippen LogP contribution in [0.1, 0.15) is 73.8 Å². The number of H-pyrrole nitrogens is 1. The van der Waals surface area contributed by atoms with E-state index in [0.29, 0.717) is 0 Å². The molecule has 0 bridgehead atoms. The normalized spacial score (nSPS) is 15.7. The zero-order valence-corrected chi connectivity index (χ0v) is 18.1. The van der Waals surface area contributed by atoms with Gasteiger partial charge in [-0.05, 0) is 40.1 Å². The summed E-state index contributed by atoms with van der Waals surface area (Å²) in [5.41, 5.74) is 1.96. The van der Waals surface area contributed by atoms with Crippen molar-refractivity contribution in [2.45, 2.75) is 80.2 Å². The summed E-state index contributed by atoms with van der Waals surface area (Å²) in [5, 5.41) is 7.08. The van der Waals surface area contributed by atoms with Gasteiger partial charge in [-0.2, -0.15) is 4.68 Å². The number of aromatic amines is 1. The molecule has 0 amide bonds. The summed E-state index contributed by atoms with van der Waals surface area (Å²) < 4.78 is 2.07. The van der Waals surface area contributed by atoms with Crippen LogP contribution in [0.4, 0.5) is 0 Å². The molecule has 144 valence electrons. The fourth-order valence-corrected chi connectivity index (χ4v) is 4.51. The fraction of sp³-hybridized carbons (Fsp3) is 0.652. The highest BCUT2D eigenvalue weighted by Crippen LogP contribution is 2.61. The van der Waals surface area contributed by atoms with Crippen LogP contribution in [0.15, 0.2) is 42.7 Å². The van der Waals surface area contributed by atoms with Crippen LogP contribution in [-0.2, 0) is 12.0 Å². The van der Waals surface area contributed by atoms with Gasteiger partial charge in [-0.15, -0.1) is 0 Å². The molecule has 1 N–H and O–H groups in total. The summed E-state index contributed by atoms with van der Waals surface area (Å²) in [4.78, 5) is 0. The van der Waals surface area contributed by atoms with Gasteiger partial charge in [-0.25, -0.2) is 0 Å². The smallest absolute Gasteiger partial charge is 0.163 e. The largest absolute Gasteiger partial charge is 0.206 e. The van der Waals surface area contributed by atoms with Crippen LogP contribution in [0, 0.1) is 16.2 Å². The minimum absolute atomic E-state index is 0.0669. The van der Waals surface area contributed by atoms with Gasteiger partial charge >= 0.3 is 0 Å². The van der Waals surface area contributed by atoms with Gasteiger partial charge < -0.3 is 0 Å². The molecule has 2 aromatic rings. The Hall–Kier alpha value is -1.64. The fourth-order valence-electron chi connectivity index (χ4n) is 4.51. The van der Waals surface area contributed by atoms with Gasteiger partial charge in [0.2, 0.25) is 6.20 Å². The van der Waals surface area contributed by atoms with Crippen molar-refractivity contribution in [2.24, 2.45) is 16.2 Å². The van der Waals surface area contributed by atoms with Gasteiger partial charge in [0.15, 0.2) is 6.20 Å². The first kappa shape index (κ1) is 20.7. The van der Waals surface area contributed by atoms with E-state index in [0.717, 1.165) is 13.0 Å². The number of nitrogens with zero attached hydrogens (tertiary/aromatic N) is 2. The molecule has 1 atom stereocenters. The lowest BCUT2D eigenvalue weighted by Crippen LogP contribution is -2.54. The number of benzene rings is 1. The van der Waals surface area contributed by atoms with E-state index in [4.69, 9.17) is 0 Å². The molecule has 0 fully saturated rings. The number of hydrogen-bond acceptors (Lipinski definition) is 1. The Kier molecular flexibility index (Phi) is 5.70. The molecule has 2 rings (SSSR count). The SMILES string of the molecule is CC(C)(C)C(C)(CCC[n+]1ccn[nH]1)C(C)(C)C(C)(C)c1ccccc1. The second-order valence-corrected chi connectivity index (χ2v) is 10.0. The van der Waals surface area contributed by atoms with Crippen LogP contribution in [0.3, 0.4) is 0 Å². The molecule has 0 saturated heterocycles. The summed E-state index contributed by atoms with van der Waals surface area (Å²) in [6.45, 7) is 20.4. The molecule has 0 aliphatic rings.